The lowest BCUT2D eigenvalue weighted by atomic mass is 10.0. The molecule has 1 N–H and O–H groups in total. The smallest absolute Gasteiger partial charge is 0.161 e. The molecule has 1 aromatic carbocycles. The SMILES string of the molecule is CCCCCC(NC)C1COc2ccccc2O1. The molecule has 3 heteroatoms. The van der Waals surface area contributed by atoms with E-state index in [9.17, 15) is 0 Å². The highest BCUT2D eigenvalue weighted by Gasteiger charge is 2.27. The van der Waals surface area contributed by atoms with Crippen LogP contribution < -0.4 is 14.8 Å². The molecule has 18 heavy (non-hydrogen) atoms. The maximum absolute atomic E-state index is 6.03. The van der Waals surface area contributed by atoms with Gasteiger partial charge in [-0.05, 0) is 25.6 Å². The lowest BCUT2D eigenvalue weighted by Gasteiger charge is -2.32. The fourth-order valence-electron chi connectivity index (χ4n) is 2.36. The van der Waals surface area contributed by atoms with Crippen LogP contribution in [0.1, 0.15) is 32.6 Å². The molecule has 1 heterocycles. The van der Waals surface area contributed by atoms with Crippen LogP contribution in [0.2, 0.25) is 0 Å². The lowest BCUT2D eigenvalue weighted by Crippen LogP contribution is -2.46. The molecule has 2 atom stereocenters. The summed E-state index contributed by atoms with van der Waals surface area (Å²) >= 11 is 0. The zero-order valence-corrected chi connectivity index (χ0v) is 11.3. The highest BCUT2D eigenvalue weighted by atomic mass is 16.6. The van der Waals surface area contributed by atoms with Crippen LogP contribution in [0.3, 0.4) is 0 Å². The third-order valence-electron chi connectivity index (χ3n) is 3.47. The molecule has 0 spiro atoms. The van der Waals surface area contributed by atoms with Crippen molar-refractivity contribution in [1.82, 2.24) is 5.32 Å². The minimum Gasteiger partial charge on any atom is -0.486 e. The maximum atomic E-state index is 6.03. The zero-order valence-electron chi connectivity index (χ0n) is 11.3. The second kappa shape index (κ2) is 6.64. The Labute approximate surface area is 109 Å². The Morgan fingerprint density at radius 3 is 2.78 bits per heavy atom. The van der Waals surface area contributed by atoms with Crippen molar-refractivity contribution in [1.29, 1.82) is 0 Å². The van der Waals surface area contributed by atoms with E-state index in [0.717, 1.165) is 17.9 Å². The summed E-state index contributed by atoms with van der Waals surface area (Å²) in [4.78, 5) is 0. The largest absolute Gasteiger partial charge is 0.486 e. The summed E-state index contributed by atoms with van der Waals surface area (Å²) in [6, 6.07) is 8.25. The van der Waals surface area contributed by atoms with Crippen molar-refractivity contribution in [2.75, 3.05) is 13.7 Å². The first kappa shape index (κ1) is 13.2. The van der Waals surface area contributed by atoms with Gasteiger partial charge in [-0.15, -0.1) is 0 Å². The summed E-state index contributed by atoms with van der Waals surface area (Å²) < 4.78 is 11.8. The maximum Gasteiger partial charge on any atom is 0.161 e. The first-order valence-electron chi connectivity index (χ1n) is 6.91. The predicted octanol–water partition coefficient (Wildman–Crippen LogP) is 2.99. The minimum atomic E-state index is 0.113. The van der Waals surface area contributed by atoms with Crippen LogP contribution in [0.25, 0.3) is 0 Å². The van der Waals surface area contributed by atoms with Crippen molar-refractivity contribution in [3.05, 3.63) is 24.3 Å². The summed E-state index contributed by atoms with van der Waals surface area (Å²) in [6.45, 7) is 2.86. The van der Waals surface area contributed by atoms with Crippen molar-refractivity contribution in [3.8, 4) is 11.5 Å². The van der Waals surface area contributed by atoms with Crippen LogP contribution in [0.5, 0.6) is 11.5 Å². The van der Waals surface area contributed by atoms with E-state index in [1.807, 2.05) is 31.3 Å². The molecule has 0 saturated heterocycles. The molecule has 1 aliphatic heterocycles. The van der Waals surface area contributed by atoms with Gasteiger partial charge in [0.2, 0.25) is 0 Å². The monoisotopic (exact) mass is 249 g/mol. The van der Waals surface area contributed by atoms with E-state index < -0.39 is 0 Å². The van der Waals surface area contributed by atoms with Crippen LogP contribution in [0, 0.1) is 0 Å². The Kier molecular flexibility index (Phi) is 4.88. The number of benzene rings is 1. The van der Waals surface area contributed by atoms with Crippen LogP contribution in [-0.4, -0.2) is 25.8 Å². The Balaban J connectivity index is 1.93. The minimum absolute atomic E-state index is 0.113. The van der Waals surface area contributed by atoms with E-state index in [4.69, 9.17) is 9.47 Å². The molecule has 100 valence electrons. The number of likely N-dealkylation sites (N-methyl/N-ethyl adjacent to an activating group) is 1. The van der Waals surface area contributed by atoms with Gasteiger partial charge < -0.3 is 14.8 Å². The number of fused-ring (bicyclic) bond motifs is 1. The van der Waals surface area contributed by atoms with Crippen LogP contribution in [0.4, 0.5) is 0 Å². The molecule has 2 unspecified atom stereocenters. The number of hydrogen-bond donors (Lipinski definition) is 1. The van der Waals surface area contributed by atoms with Gasteiger partial charge in [0, 0.05) is 6.04 Å². The van der Waals surface area contributed by atoms with Crippen molar-refractivity contribution >= 4 is 0 Å². The van der Waals surface area contributed by atoms with Gasteiger partial charge in [0.05, 0.1) is 0 Å². The highest BCUT2D eigenvalue weighted by molar-refractivity contribution is 5.40. The standard InChI is InChI=1S/C15H23NO2/c1-3-4-5-8-12(16-2)15-11-17-13-9-6-7-10-14(13)18-15/h6-7,9-10,12,15-16H,3-5,8,11H2,1-2H3. The predicted molar refractivity (Wildman–Crippen MR) is 73.3 cm³/mol. The fraction of sp³-hybridized carbons (Fsp3) is 0.600. The van der Waals surface area contributed by atoms with Gasteiger partial charge in [-0.1, -0.05) is 38.3 Å². The second-order valence-electron chi connectivity index (χ2n) is 4.80. The van der Waals surface area contributed by atoms with Crippen LogP contribution in [-0.2, 0) is 0 Å². The van der Waals surface area contributed by atoms with Gasteiger partial charge in [-0.25, -0.2) is 0 Å². The van der Waals surface area contributed by atoms with Crippen molar-refractivity contribution in [3.63, 3.8) is 0 Å². The average molecular weight is 249 g/mol. The third-order valence-corrected chi connectivity index (χ3v) is 3.47. The molecule has 3 nitrogen and oxygen atoms in total. The summed E-state index contributed by atoms with van der Waals surface area (Å²) in [5.74, 6) is 1.72. The van der Waals surface area contributed by atoms with Crippen molar-refractivity contribution in [2.24, 2.45) is 0 Å². The Morgan fingerprint density at radius 1 is 1.28 bits per heavy atom. The van der Waals surface area contributed by atoms with Crippen molar-refractivity contribution in [2.45, 2.75) is 44.8 Å². The number of ether oxygens (including phenoxy) is 2. The first-order valence-corrected chi connectivity index (χ1v) is 6.91. The number of para-hydroxylation sites is 2. The van der Waals surface area contributed by atoms with E-state index >= 15 is 0 Å². The van der Waals surface area contributed by atoms with Gasteiger partial charge in [0.25, 0.3) is 0 Å². The van der Waals surface area contributed by atoms with Gasteiger partial charge in [0.15, 0.2) is 11.5 Å². The summed E-state index contributed by atoms with van der Waals surface area (Å²) in [5, 5.41) is 3.36. The van der Waals surface area contributed by atoms with Gasteiger partial charge in [-0.2, -0.15) is 0 Å². The number of nitrogens with one attached hydrogen (secondary N) is 1. The highest BCUT2D eigenvalue weighted by Crippen LogP contribution is 2.32. The Morgan fingerprint density at radius 2 is 2.06 bits per heavy atom. The van der Waals surface area contributed by atoms with E-state index in [2.05, 4.69) is 12.2 Å². The number of unbranched alkanes of at least 4 members (excludes halogenated alkanes) is 2. The van der Waals surface area contributed by atoms with Gasteiger partial charge in [0.1, 0.15) is 12.7 Å². The van der Waals surface area contributed by atoms with Gasteiger partial charge >= 0.3 is 0 Å². The number of hydrogen-bond acceptors (Lipinski definition) is 3. The zero-order chi connectivity index (χ0) is 12.8. The number of rotatable bonds is 6. The van der Waals surface area contributed by atoms with Crippen molar-refractivity contribution < 1.29 is 9.47 Å². The summed E-state index contributed by atoms with van der Waals surface area (Å²) in [6.07, 6.45) is 5.02. The van der Waals surface area contributed by atoms with E-state index in [1.54, 1.807) is 0 Å². The molecule has 1 aromatic rings. The average Bonchev–Trinajstić information content (AvgIpc) is 2.43. The van der Waals surface area contributed by atoms with Gasteiger partial charge in [-0.3, -0.25) is 0 Å². The summed E-state index contributed by atoms with van der Waals surface area (Å²) in [7, 11) is 2.00. The van der Waals surface area contributed by atoms with Crippen LogP contribution >= 0.6 is 0 Å². The fourth-order valence-corrected chi connectivity index (χ4v) is 2.36. The first-order chi connectivity index (χ1) is 8.85. The Bertz CT molecular complexity index is 367. The molecule has 0 radical (unpaired) electrons. The van der Waals surface area contributed by atoms with E-state index in [1.165, 1.54) is 19.3 Å². The third kappa shape index (κ3) is 3.16. The molecule has 0 fully saturated rings. The quantitative estimate of drug-likeness (QED) is 0.786. The molecule has 0 bridgehead atoms. The van der Waals surface area contributed by atoms with E-state index in [-0.39, 0.29) is 6.10 Å². The molecule has 0 saturated carbocycles. The molecular formula is C15H23NO2. The lowest BCUT2D eigenvalue weighted by molar-refractivity contribution is 0.0609. The second-order valence-corrected chi connectivity index (χ2v) is 4.80. The molecule has 1 aliphatic rings. The molecular weight excluding hydrogens is 226 g/mol. The topological polar surface area (TPSA) is 30.5 Å². The molecule has 0 aromatic heterocycles. The Hall–Kier alpha value is -1.22. The molecule has 0 aliphatic carbocycles. The normalized spacial score (nSPS) is 19.6. The van der Waals surface area contributed by atoms with E-state index in [0.29, 0.717) is 12.6 Å². The molecule has 2 rings (SSSR count). The van der Waals surface area contributed by atoms with Crippen LogP contribution in [0.15, 0.2) is 24.3 Å². The molecule has 0 amide bonds. The summed E-state index contributed by atoms with van der Waals surface area (Å²) in [5.41, 5.74) is 0.